The molecule has 0 N–H and O–H groups in total. The molecule has 1 amide bonds. The first-order valence-corrected chi connectivity index (χ1v) is 5.19. The van der Waals surface area contributed by atoms with Crippen LogP contribution in [0.1, 0.15) is 28.5 Å². The fraction of sp³-hybridized carbons (Fsp3) is 0.455. The van der Waals surface area contributed by atoms with E-state index >= 15 is 0 Å². The summed E-state index contributed by atoms with van der Waals surface area (Å²) in [7, 11) is 2.43. The van der Waals surface area contributed by atoms with Gasteiger partial charge in [0.25, 0.3) is 5.91 Å². The Morgan fingerprint density at radius 1 is 1.50 bits per heavy atom. The van der Waals surface area contributed by atoms with E-state index in [9.17, 15) is 18.0 Å². The number of halogens is 3. The van der Waals surface area contributed by atoms with E-state index in [1.165, 1.54) is 14.2 Å². The molecule has 1 heterocycles. The van der Waals surface area contributed by atoms with Gasteiger partial charge in [0.05, 0.1) is 18.2 Å². The van der Waals surface area contributed by atoms with E-state index in [-0.39, 0.29) is 5.69 Å². The van der Waals surface area contributed by atoms with Crippen molar-refractivity contribution in [2.75, 3.05) is 14.2 Å². The van der Waals surface area contributed by atoms with Gasteiger partial charge in [-0.25, -0.2) is 5.06 Å². The minimum Gasteiger partial charge on any atom is -0.274 e. The molecule has 18 heavy (non-hydrogen) atoms. The third-order valence-corrected chi connectivity index (χ3v) is 2.42. The van der Waals surface area contributed by atoms with Gasteiger partial charge in [0.1, 0.15) is 0 Å². The van der Waals surface area contributed by atoms with E-state index in [1.807, 2.05) is 0 Å². The monoisotopic (exact) mass is 262 g/mol. The van der Waals surface area contributed by atoms with Crippen LogP contribution in [0, 0.1) is 0 Å². The van der Waals surface area contributed by atoms with Crippen molar-refractivity contribution in [1.82, 2.24) is 10.0 Å². The number of nitrogens with zero attached hydrogens (tertiary/aromatic N) is 2. The Morgan fingerprint density at radius 3 is 2.56 bits per heavy atom. The van der Waals surface area contributed by atoms with E-state index in [0.29, 0.717) is 6.42 Å². The van der Waals surface area contributed by atoms with Gasteiger partial charge in [0.2, 0.25) is 0 Å². The van der Waals surface area contributed by atoms with Gasteiger partial charge in [0.15, 0.2) is 0 Å². The van der Waals surface area contributed by atoms with E-state index < -0.39 is 23.2 Å². The van der Waals surface area contributed by atoms with Crippen molar-refractivity contribution in [3.8, 4) is 0 Å². The van der Waals surface area contributed by atoms with Gasteiger partial charge in [-0.15, -0.1) is 0 Å². The normalized spacial score (nSPS) is 11.4. The summed E-state index contributed by atoms with van der Waals surface area (Å²) in [4.78, 5) is 20.1. The van der Waals surface area contributed by atoms with Crippen molar-refractivity contribution < 1.29 is 22.8 Å². The summed E-state index contributed by atoms with van der Waals surface area (Å²) in [6, 6.07) is 0.886. The number of alkyl halides is 3. The minimum absolute atomic E-state index is 0.277. The molecule has 7 heteroatoms. The maximum atomic E-state index is 12.9. The first-order valence-electron chi connectivity index (χ1n) is 5.19. The predicted octanol–water partition coefficient (Wildman–Crippen LogP) is 2.30. The zero-order valence-electron chi connectivity index (χ0n) is 10.2. The Bertz CT molecular complexity index is 446. The Kier molecular flexibility index (Phi) is 4.28. The second kappa shape index (κ2) is 5.34. The van der Waals surface area contributed by atoms with Gasteiger partial charge >= 0.3 is 6.18 Å². The molecule has 0 spiro atoms. The lowest BCUT2D eigenvalue weighted by molar-refractivity contribution is -0.138. The number of pyridine rings is 1. The fourth-order valence-corrected chi connectivity index (χ4v) is 1.35. The zero-order valence-corrected chi connectivity index (χ0v) is 10.2. The topological polar surface area (TPSA) is 42.4 Å². The van der Waals surface area contributed by atoms with Gasteiger partial charge in [-0.2, -0.15) is 13.2 Å². The molecule has 0 saturated heterocycles. The third kappa shape index (κ3) is 2.98. The molecule has 0 aromatic carbocycles. The molecule has 0 aliphatic heterocycles. The Labute approximate surface area is 102 Å². The lowest BCUT2D eigenvalue weighted by atomic mass is 10.1. The summed E-state index contributed by atoms with van der Waals surface area (Å²) in [6.45, 7) is 1.69. The number of hydrogen-bond acceptors (Lipinski definition) is 3. The van der Waals surface area contributed by atoms with Crippen LogP contribution in [0.15, 0.2) is 12.3 Å². The number of aryl methyl sites for hydroxylation is 1. The van der Waals surface area contributed by atoms with E-state index in [0.717, 1.165) is 17.3 Å². The van der Waals surface area contributed by atoms with E-state index in [4.69, 9.17) is 0 Å². The zero-order chi connectivity index (χ0) is 13.9. The quantitative estimate of drug-likeness (QED) is 0.785. The SMILES string of the molecule is CCc1cc(C(F)(F)F)c(C(=O)N(C)OC)cn1. The lowest BCUT2D eigenvalue weighted by Gasteiger charge is -2.17. The van der Waals surface area contributed by atoms with Gasteiger partial charge < -0.3 is 0 Å². The predicted molar refractivity (Wildman–Crippen MR) is 57.7 cm³/mol. The van der Waals surface area contributed by atoms with Gasteiger partial charge in [-0.3, -0.25) is 14.6 Å². The van der Waals surface area contributed by atoms with Crippen LogP contribution in [0.4, 0.5) is 13.2 Å². The summed E-state index contributed by atoms with van der Waals surface area (Å²) in [5.41, 5.74) is -1.24. The first-order chi connectivity index (χ1) is 8.31. The Hall–Kier alpha value is -1.63. The molecular formula is C11H13F3N2O2. The summed E-state index contributed by atoms with van der Waals surface area (Å²) in [6.07, 6.45) is -3.32. The highest BCUT2D eigenvalue weighted by Gasteiger charge is 2.36. The highest BCUT2D eigenvalue weighted by molar-refractivity contribution is 5.94. The van der Waals surface area contributed by atoms with Gasteiger partial charge in [0, 0.05) is 18.9 Å². The average molecular weight is 262 g/mol. The average Bonchev–Trinajstić information content (AvgIpc) is 2.35. The second-order valence-corrected chi connectivity index (χ2v) is 3.56. The van der Waals surface area contributed by atoms with Crippen molar-refractivity contribution in [2.45, 2.75) is 19.5 Å². The number of rotatable bonds is 3. The van der Waals surface area contributed by atoms with E-state index in [2.05, 4.69) is 9.82 Å². The maximum Gasteiger partial charge on any atom is 0.417 e. The van der Waals surface area contributed by atoms with Crippen LogP contribution >= 0.6 is 0 Å². The second-order valence-electron chi connectivity index (χ2n) is 3.56. The number of amides is 1. The molecule has 1 rings (SSSR count). The molecule has 0 radical (unpaired) electrons. The van der Waals surface area contributed by atoms with Crippen LogP contribution in [-0.4, -0.2) is 30.1 Å². The van der Waals surface area contributed by atoms with Crippen LogP contribution in [0.2, 0.25) is 0 Å². The molecule has 0 aliphatic rings. The van der Waals surface area contributed by atoms with E-state index in [1.54, 1.807) is 6.92 Å². The number of hydrogen-bond donors (Lipinski definition) is 0. The molecule has 0 bridgehead atoms. The standard InChI is InChI=1S/C11H13F3N2O2/c1-4-7-5-9(11(12,13)14)8(6-15-7)10(17)16(2)18-3/h5-6H,4H2,1-3H3. The Morgan fingerprint density at radius 2 is 2.11 bits per heavy atom. The molecular weight excluding hydrogens is 249 g/mol. The van der Waals surface area contributed by atoms with Crippen molar-refractivity contribution in [2.24, 2.45) is 0 Å². The number of carbonyl (C=O) groups is 1. The summed E-state index contributed by atoms with van der Waals surface area (Å²) in [5, 5.41) is 0.720. The molecule has 0 unspecified atom stereocenters. The van der Waals surface area contributed by atoms with Crippen molar-refractivity contribution in [3.05, 3.63) is 29.1 Å². The lowest BCUT2D eigenvalue weighted by Crippen LogP contribution is -2.28. The molecule has 0 atom stereocenters. The number of carbonyl (C=O) groups excluding carboxylic acids is 1. The van der Waals surface area contributed by atoms with Gasteiger partial charge in [-0.1, -0.05) is 6.92 Å². The molecule has 100 valence electrons. The fourth-order valence-electron chi connectivity index (χ4n) is 1.35. The molecule has 0 saturated carbocycles. The largest absolute Gasteiger partial charge is 0.417 e. The molecule has 1 aromatic rings. The minimum atomic E-state index is -4.60. The first kappa shape index (κ1) is 14.4. The van der Waals surface area contributed by atoms with Crippen LogP contribution < -0.4 is 0 Å². The number of aromatic nitrogens is 1. The molecule has 0 fully saturated rings. The van der Waals surface area contributed by atoms with Crippen LogP contribution in [0.5, 0.6) is 0 Å². The maximum absolute atomic E-state index is 12.9. The number of hydroxylamine groups is 2. The van der Waals surface area contributed by atoms with Crippen molar-refractivity contribution >= 4 is 5.91 Å². The van der Waals surface area contributed by atoms with Crippen LogP contribution in [0.25, 0.3) is 0 Å². The van der Waals surface area contributed by atoms with Gasteiger partial charge in [-0.05, 0) is 12.5 Å². The third-order valence-electron chi connectivity index (χ3n) is 2.42. The molecule has 0 aliphatic carbocycles. The Balaban J connectivity index is 3.31. The summed E-state index contributed by atoms with van der Waals surface area (Å²) < 4.78 is 38.6. The highest BCUT2D eigenvalue weighted by atomic mass is 19.4. The molecule has 4 nitrogen and oxygen atoms in total. The summed E-state index contributed by atoms with van der Waals surface area (Å²) in [5.74, 6) is -0.889. The van der Waals surface area contributed by atoms with Crippen molar-refractivity contribution in [1.29, 1.82) is 0 Å². The van der Waals surface area contributed by atoms with Crippen LogP contribution in [0.3, 0.4) is 0 Å². The van der Waals surface area contributed by atoms with Crippen LogP contribution in [-0.2, 0) is 17.4 Å². The smallest absolute Gasteiger partial charge is 0.274 e. The molecule has 1 aromatic heterocycles. The van der Waals surface area contributed by atoms with Crippen molar-refractivity contribution in [3.63, 3.8) is 0 Å². The summed E-state index contributed by atoms with van der Waals surface area (Å²) >= 11 is 0. The highest BCUT2D eigenvalue weighted by Crippen LogP contribution is 2.32.